The van der Waals surface area contributed by atoms with Crippen molar-refractivity contribution in [3.63, 3.8) is 0 Å². The van der Waals surface area contributed by atoms with E-state index in [2.05, 4.69) is 5.32 Å². The Hall–Kier alpha value is -1.95. The molecule has 0 saturated heterocycles. The van der Waals surface area contributed by atoms with Crippen LogP contribution in [0.3, 0.4) is 0 Å². The topological polar surface area (TPSA) is 29.1 Å². The molecule has 0 fully saturated rings. The number of thioether (sulfide) groups is 1. The molecule has 2 aromatic carbocycles. The van der Waals surface area contributed by atoms with Crippen LogP contribution < -0.4 is 5.32 Å². The van der Waals surface area contributed by atoms with E-state index < -0.39 is 17.2 Å². The van der Waals surface area contributed by atoms with E-state index in [9.17, 15) is 18.0 Å². The summed E-state index contributed by atoms with van der Waals surface area (Å²) in [5, 5.41) is 2.60. The molecule has 0 aliphatic carbocycles. The number of nitrogens with one attached hydrogen (secondary N) is 1. The van der Waals surface area contributed by atoms with Crippen LogP contribution >= 0.6 is 11.8 Å². The van der Waals surface area contributed by atoms with Gasteiger partial charge in [-0.1, -0.05) is 18.2 Å². The lowest BCUT2D eigenvalue weighted by molar-refractivity contribution is -0.137. The molecule has 1 unspecified atom stereocenters. The number of carbonyl (C=O) groups excluding carboxylic acids is 1. The number of rotatable bonds is 3. The first kappa shape index (κ1) is 16.9. The molecular formula is C18H16F3NOS. The van der Waals surface area contributed by atoms with E-state index in [4.69, 9.17) is 0 Å². The van der Waals surface area contributed by atoms with E-state index in [0.717, 1.165) is 22.6 Å². The number of benzene rings is 2. The highest BCUT2D eigenvalue weighted by molar-refractivity contribution is 7.98. The number of amides is 1. The molecule has 0 saturated carbocycles. The second-order valence-corrected chi connectivity index (χ2v) is 6.95. The van der Waals surface area contributed by atoms with Gasteiger partial charge < -0.3 is 5.32 Å². The fraction of sp³-hybridized carbons (Fsp3) is 0.278. The average molecular weight is 351 g/mol. The lowest BCUT2D eigenvalue weighted by Gasteiger charge is -2.22. The number of anilines is 1. The van der Waals surface area contributed by atoms with Crippen molar-refractivity contribution in [1.82, 2.24) is 0 Å². The minimum Gasteiger partial charge on any atom is -0.325 e. The van der Waals surface area contributed by atoms with Gasteiger partial charge in [-0.15, -0.1) is 11.8 Å². The van der Waals surface area contributed by atoms with Crippen molar-refractivity contribution in [2.24, 2.45) is 0 Å². The summed E-state index contributed by atoms with van der Waals surface area (Å²) < 4.78 is 38.5. The van der Waals surface area contributed by atoms with Crippen molar-refractivity contribution in [3.05, 3.63) is 59.2 Å². The predicted molar refractivity (Wildman–Crippen MR) is 89.4 cm³/mol. The van der Waals surface area contributed by atoms with Crippen molar-refractivity contribution in [1.29, 1.82) is 0 Å². The van der Waals surface area contributed by atoms with Crippen LogP contribution in [0.2, 0.25) is 0 Å². The highest BCUT2D eigenvalue weighted by atomic mass is 32.2. The number of fused-ring (bicyclic) bond motifs is 1. The van der Waals surface area contributed by atoms with E-state index in [1.54, 1.807) is 18.7 Å². The first-order chi connectivity index (χ1) is 11.2. The standard InChI is InChI=1S/C18H16F3NOS/c1-17(10-11-3-6-13(24-2)7-4-11)14-8-5-12(18(19,20)21)9-15(14)22-16(17)23/h3-9H,10H2,1-2H3,(H,22,23). The molecule has 0 radical (unpaired) electrons. The molecule has 1 N–H and O–H groups in total. The zero-order valence-electron chi connectivity index (χ0n) is 13.2. The Balaban J connectivity index is 1.95. The van der Waals surface area contributed by atoms with Gasteiger partial charge in [0.2, 0.25) is 5.91 Å². The Kier molecular flexibility index (Phi) is 4.11. The van der Waals surface area contributed by atoms with Gasteiger partial charge in [-0.25, -0.2) is 0 Å². The average Bonchev–Trinajstić information content (AvgIpc) is 2.78. The van der Waals surface area contributed by atoms with Gasteiger partial charge >= 0.3 is 6.18 Å². The number of alkyl halides is 3. The van der Waals surface area contributed by atoms with E-state index >= 15 is 0 Å². The molecule has 2 nitrogen and oxygen atoms in total. The first-order valence-electron chi connectivity index (χ1n) is 7.40. The number of carbonyl (C=O) groups is 1. The fourth-order valence-electron chi connectivity index (χ4n) is 3.01. The third kappa shape index (κ3) is 2.90. The summed E-state index contributed by atoms with van der Waals surface area (Å²) >= 11 is 1.63. The summed E-state index contributed by atoms with van der Waals surface area (Å²) in [7, 11) is 0. The van der Waals surface area contributed by atoms with Crippen molar-refractivity contribution in [2.45, 2.75) is 29.8 Å². The summed E-state index contributed by atoms with van der Waals surface area (Å²) in [5.74, 6) is -0.272. The highest BCUT2D eigenvalue weighted by Gasteiger charge is 2.44. The molecular weight excluding hydrogens is 335 g/mol. The maximum Gasteiger partial charge on any atom is 0.416 e. The quantitative estimate of drug-likeness (QED) is 0.799. The van der Waals surface area contributed by atoms with Gasteiger partial charge in [0.1, 0.15) is 0 Å². The summed E-state index contributed by atoms with van der Waals surface area (Å²) in [4.78, 5) is 13.6. The molecule has 1 aliphatic rings. The molecule has 1 aliphatic heterocycles. The van der Waals surface area contributed by atoms with E-state index in [1.807, 2.05) is 30.5 Å². The monoisotopic (exact) mass is 351 g/mol. The molecule has 3 rings (SSSR count). The van der Waals surface area contributed by atoms with Crippen LogP contribution in [0.5, 0.6) is 0 Å². The van der Waals surface area contributed by atoms with Crippen molar-refractivity contribution in [2.75, 3.05) is 11.6 Å². The van der Waals surface area contributed by atoms with Crippen LogP contribution in [-0.2, 0) is 22.8 Å². The molecule has 1 heterocycles. The van der Waals surface area contributed by atoms with Gasteiger partial charge in [-0.3, -0.25) is 4.79 Å². The summed E-state index contributed by atoms with van der Waals surface area (Å²) in [6.07, 6.45) is -2.01. The van der Waals surface area contributed by atoms with Gasteiger partial charge in [0.15, 0.2) is 0 Å². The Morgan fingerprint density at radius 2 is 1.79 bits per heavy atom. The van der Waals surface area contributed by atoms with Gasteiger partial charge in [-0.05, 0) is 55.0 Å². The van der Waals surface area contributed by atoms with Crippen LogP contribution in [0.1, 0.15) is 23.6 Å². The minimum atomic E-state index is -4.42. The lowest BCUT2D eigenvalue weighted by Crippen LogP contribution is -2.33. The van der Waals surface area contributed by atoms with Crippen molar-refractivity contribution < 1.29 is 18.0 Å². The van der Waals surface area contributed by atoms with Gasteiger partial charge in [0.25, 0.3) is 0 Å². The Morgan fingerprint density at radius 3 is 2.38 bits per heavy atom. The van der Waals surface area contributed by atoms with Crippen molar-refractivity contribution in [3.8, 4) is 0 Å². The van der Waals surface area contributed by atoms with Gasteiger partial charge in [0, 0.05) is 10.6 Å². The lowest BCUT2D eigenvalue weighted by atomic mass is 9.78. The summed E-state index contributed by atoms with van der Waals surface area (Å²) in [6.45, 7) is 1.77. The molecule has 1 amide bonds. The third-order valence-electron chi connectivity index (χ3n) is 4.41. The van der Waals surface area contributed by atoms with Crippen molar-refractivity contribution >= 4 is 23.4 Å². The van der Waals surface area contributed by atoms with E-state index in [-0.39, 0.29) is 11.6 Å². The van der Waals surface area contributed by atoms with Crippen LogP contribution in [0, 0.1) is 0 Å². The molecule has 24 heavy (non-hydrogen) atoms. The first-order valence-corrected chi connectivity index (χ1v) is 8.62. The molecule has 0 spiro atoms. The largest absolute Gasteiger partial charge is 0.416 e. The molecule has 1 atom stereocenters. The molecule has 0 bridgehead atoms. The third-order valence-corrected chi connectivity index (χ3v) is 5.15. The highest BCUT2D eigenvalue weighted by Crippen LogP contribution is 2.42. The maximum absolute atomic E-state index is 12.8. The smallest absolute Gasteiger partial charge is 0.325 e. The van der Waals surface area contributed by atoms with Crippen LogP contribution in [0.25, 0.3) is 0 Å². The van der Waals surface area contributed by atoms with Gasteiger partial charge in [-0.2, -0.15) is 13.2 Å². The van der Waals surface area contributed by atoms with Crippen LogP contribution in [0.4, 0.5) is 18.9 Å². The zero-order valence-corrected chi connectivity index (χ0v) is 14.0. The maximum atomic E-state index is 12.8. The van der Waals surface area contributed by atoms with Gasteiger partial charge in [0.05, 0.1) is 11.0 Å². The van der Waals surface area contributed by atoms with Crippen LogP contribution in [-0.4, -0.2) is 12.2 Å². The van der Waals surface area contributed by atoms with E-state index in [1.165, 1.54) is 6.07 Å². The Morgan fingerprint density at radius 1 is 1.12 bits per heavy atom. The summed E-state index contributed by atoms with van der Waals surface area (Å²) in [6, 6.07) is 11.3. The molecule has 126 valence electrons. The van der Waals surface area contributed by atoms with Crippen LogP contribution in [0.15, 0.2) is 47.4 Å². The summed E-state index contributed by atoms with van der Waals surface area (Å²) in [5.41, 5.74) is 0.196. The Labute approximate surface area is 142 Å². The second-order valence-electron chi connectivity index (χ2n) is 6.07. The van der Waals surface area contributed by atoms with E-state index in [0.29, 0.717) is 12.0 Å². The number of hydrogen-bond donors (Lipinski definition) is 1. The Bertz CT molecular complexity index is 786. The molecule has 6 heteroatoms. The number of hydrogen-bond acceptors (Lipinski definition) is 2. The normalized spacial score (nSPS) is 20.0. The molecule has 0 aromatic heterocycles. The SMILES string of the molecule is CSc1ccc(CC2(C)C(=O)Nc3cc(C(F)(F)F)ccc32)cc1. The second kappa shape index (κ2) is 5.84. The number of halogens is 3. The molecule has 2 aromatic rings. The predicted octanol–water partition coefficient (Wildman–Crippen LogP) is 4.88. The minimum absolute atomic E-state index is 0.248. The zero-order chi connectivity index (χ0) is 17.5. The fourth-order valence-corrected chi connectivity index (χ4v) is 3.42.